The Morgan fingerprint density at radius 1 is 1.13 bits per heavy atom. The van der Waals surface area contributed by atoms with E-state index in [0.717, 1.165) is 10.6 Å². The van der Waals surface area contributed by atoms with E-state index in [1.54, 1.807) is 16.7 Å². The molecule has 122 valence electrons. The summed E-state index contributed by atoms with van der Waals surface area (Å²) < 4.78 is -1.17. The van der Waals surface area contributed by atoms with E-state index in [0.29, 0.717) is 26.2 Å². The number of hydrogen-bond donors (Lipinski definition) is 1. The second-order valence-corrected chi connectivity index (χ2v) is 7.34. The summed E-state index contributed by atoms with van der Waals surface area (Å²) in [5, 5.41) is 2.83. The third-order valence-corrected chi connectivity index (χ3v) is 5.65. The predicted octanol–water partition coefficient (Wildman–Crippen LogP) is 1.18. The quantitative estimate of drug-likeness (QED) is 0.784. The summed E-state index contributed by atoms with van der Waals surface area (Å²) in [6.45, 7) is 5.15. The molecular weight excluding hydrogens is 314 g/mol. The van der Waals surface area contributed by atoms with Crippen LogP contribution in [0.25, 0.3) is 0 Å². The van der Waals surface area contributed by atoms with Crippen molar-refractivity contribution in [3.05, 3.63) is 24.3 Å². The molecule has 1 N–H and O–H groups in total. The number of hydrogen-bond acceptors (Lipinski definition) is 4. The Kier molecular flexibility index (Phi) is 4.06. The van der Waals surface area contributed by atoms with Crippen LogP contribution in [0.4, 0.5) is 5.69 Å². The van der Waals surface area contributed by atoms with Crippen LogP contribution in [0.15, 0.2) is 29.2 Å². The molecule has 0 spiro atoms. The van der Waals surface area contributed by atoms with Gasteiger partial charge in [-0.15, -0.1) is 0 Å². The number of rotatable bonds is 1. The molecule has 23 heavy (non-hydrogen) atoms. The lowest BCUT2D eigenvalue weighted by Crippen LogP contribution is -2.58. The monoisotopic (exact) mass is 333 g/mol. The minimum Gasteiger partial charge on any atom is -0.339 e. The van der Waals surface area contributed by atoms with Crippen molar-refractivity contribution in [2.45, 2.75) is 23.5 Å². The highest BCUT2D eigenvalue weighted by molar-refractivity contribution is 8.02. The number of thioether (sulfide) groups is 1. The first-order valence-corrected chi connectivity index (χ1v) is 8.38. The van der Waals surface area contributed by atoms with Crippen LogP contribution >= 0.6 is 11.8 Å². The fourth-order valence-corrected chi connectivity index (χ4v) is 4.01. The van der Waals surface area contributed by atoms with Crippen molar-refractivity contribution in [2.24, 2.45) is 0 Å². The van der Waals surface area contributed by atoms with Gasteiger partial charge in [0.2, 0.25) is 17.7 Å². The van der Waals surface area contributed by atoms with Crippen LogP contribution in [0, 0.1) is 0 Å². The topological polar surface area (TPSA) is 69.7 Å². The number of fused-ring (bicyclic) bond motifs is 1. The molecule has 0 bridgehead atoms. The molecule has 0 radical (unpaired) electrons. The molecule has 1 aromatic rings. The molecule has 1 unspecified atom stereocenters. The third-order valence-electron chi connectivity index (χ3n) is 4.30. The molecule has 2 heterocycles. The molecule has 1 fully saturated rings. The summed E-state index contributed by atoms with van der Waals surface area (Å²) in [6, 6.07) is 7.47. The van der Waals surface area contributed by atoms with Crippen LogP contribution in [-0.2, 0) is 14.4 Å². The first kappa shape index (κ1) is 15.9. The molecular formula is C16H19N3O3S. The summed E-state index contributed by atoms with van der Waals surface area (Å²) in [4.78, 5) is 41.1. The maximum absolute atomic E-state index is 12.9. The van der Waals surface area contributed by atoms with Crippen LogP contribution in [0.2, 0.25) is 0 Å². The fourth-order valence-electron chi connectivity index (χ4n) is 2.83. The standard InChI is InChI=1S/C16H19N3O3S/c1-11(20)18-7-9-19(10-8-18)15(22)16(2)14(21)17-12-5-3-4-6-13(12)23-16/h3-6H,7-10H2,1-2H3,(H,17,21). The minimum atomic E-state index is -1.17. The first-order valence-electron chi connectivity index (χ1n) is 7.56. The van der Waals surface area contributed by atoms with Crippen molar-refractivity contribution in [2.75, 3.05) is 31.5 Å². The number of para-hydroxylation sites is 1. The van der Waals surface area contributed by atoms with Gasteiger partial charge in [-0.3, -0.25) is 14.4 Å². The van der Waals surface area contributed by atoms with E-state index in [1.165, 1.54) is 18.7 Å². The molecule has 0 aromatic heterocycles. The minimum absolute atomic E-state index is 0.0158. The Balaban J connectivity index is 1.77. The average molecular weight is 333 g/mol. The summed E-state index contributed by atoms with van der Waals surface area (Å²) >= 11 is 1.29. The zero-order valence-corrected chi connectivity index (χ0v) is 14.0. The molecule has 0 aliphatic carbocycles. The molecule has 2 aliphatic heterocycles. The molecule has 7 heteroatoms. The maximum atomic E-state index is 12.9. The van der Waals surface area contributed by atoms with E-state index < -0.39 is 4.75 Å². The highest BCUT2D eigenvalue weighted by Crippen LogP contribution is 2.43. The van der Waals surface area contributed by atoms with Crippen LogP contribution in [0.1, 0.15) is 13.8 Å². The van der Waals surface area contributed by atoms with Crippen molar-refractivity contribution in [1.82, 2.24) is 9.80 Å². The molecule has 1 saturated heterocycles. The van der Waals surface area contributed by atoms with Gasteiger partial charge in [-0.1, -0.05) is 23.9 Å². The molecule has 2 aliphatic rings. The lowest BCUT2D eigenvalue weighted by Gasteiger charge is -2.40. The van der Waals surface area contributed by atoms with Crippen molar-refractivity contribution in [3.8, 4) is 0 Å². The van der Waals surface area contributed by atoms with Crippen LogP contribution in [-0.4, -0.2) is 58.4 Å². The van der Waals surface area contributed by atoms with Crippen LogP contribution in [0.5, 0.6) is 0 Å². The fraction of sp³-hybridized carbons (Fsp3) is 0.438. The average Bonchev–Trinajstić information content (AvgIpc) is 2.55. The van der Waals surface area contributed by atoms with E-state index in [4.69, 9.17) is 0 Å². The Morgan fingerprint density at radius 3 is 2.39 bits per heavy atom. The number of piperazine rings is 1. The van der Waals surface area contributed by atoms with Gasteiger partial charge in [0.1, 0.15) is 0 Å². The molecule has 0 saturated carbocycles. The molecule has 3 amide bonds. The second kappa shape index (κ2) is 5.88. The highest BCUT2D eigenvalue weighted by atomic mass is 32.2. The molecule has 3 rings (SSSR count). The van der Waals surface area contributed by atoms with E-state index in [-0.39, 0.29) is 17.7 Å². The largest absolute Gasteiger partial charge is 0.339 e. The number of amides is 3. The number of nitrogens with zero attached hydrogens (tertiary/aromatic N) is 2. The highest BCUT2D eigenvalue weighted by Gasteiger charge is 2.48. The number of carbonyl (C=O) groups is 3. The first-order chi connectivity index (χ1) is 10.9. The molecule has 1 atom stereocenters. The third kappa shape index (κ3) is 2.81. The van der Waals surface area contributed by atoms with Crippen LogP contribution < -0.4 is 5.32 Å². The number of benzene rings is 1. The second-order valence-electron chi connectivity index (χ2n) is 5.88. The summed E-state index contributed by atoms with van der Waals surface area (Å²) in [6.07, 6.45) is 0. The van der Waals surface area contributed by atoms with Crippen molar-refractivity contribution in [1.29, 1.82) is 0 Å². The normalized spacial score (nSPS) is 24.0. The van der Waals surface area contributed by atoms with Gasteiger partial charge in [-0.2, -0.15) is 0 Å². The van der Waals surface area contributed by atoms with Gasteiger partial charge in [-0.05, 0) is 19.1 Å². The zero-order valence-electron chi connectivity index (χ0n) is 13.2. The Morgan fingerprint density at radius 2 is 1.74 bits per heavy atom. The van der Waals surface area contributed by atoms with Gasteiger partial charge in [-0.25, -0.2) is 0 Å². The van der Waals surface area contributed by atoms with Crippen LogP contribution in [0.3, 0.4) is 0 Å². The number of anilines is 1. The number of carbonyl (C=O) groups excluding carboxylic acids is 3. The summed E-state index contributed by atoms with van der Waals surface area (Å²) in [5.74, 6) is -0.472. The lowest BCUT2D eigenvalue weighted by molar-refractivity contribution is -0.142. The van der Waals surface area contributed by atoms with E-state index >= 15 is 0 Å². The summed E-state index contributed by atoms with van der Waals surface area (Å²) in [7, 11) is 0. The van der Waals surface area contributed by atoms with Crippen molar-refractivity contribution >= 4 is 35.2 Å². The number of nitrogens with one attached hydrogen (secondary N) is 1. The van der Waals surface area contributed by atoms with Gasteiger partial charge >= 0.3 is 0 Å². The smallest absolute Gasteiger partial charge is 0.250 e. The van der Waals surface area contributed by atoms with Gasteiger partial charge in [0, 0.05) is 38.0 Å². The summed E-state index contributed by atoms with van der Waals surface area (Å²) in [5.41, 5.74) is 0.745. The Bertz CT molecular complexity index is 670. The van der Waals surface area contributed by atoms with Gasteiger partial charge in [0.25, 0.3) is 0 Å². The Hall–Kier alpha value is -2.02. The Labute approximate surface area is 139 Å². The van der Waals surface area contributed by atoms with Gasteiger partial charge in [0.05, 0.1) is 5.69 Å². The molecule has 1 aromatic carbocycles. The lowest BCUT2D eigenvalue weighted by atomic mass is 10.1. The zero-order chi connectivity index (χ0) is 16.6. The predicted molar refractivity (Wildman–Crippen MR) is 88.2 cm³/mol. The van der Waals surface area contributed by atoms with E-state index in [1.807, 2.05) is 24.3 Å². The van der Waals surface area contributed by atoms with Gasteiger partial charge < -0.3 is 15.1 Å². The van der Waals surface area contributed by atoms with E-state index in [9.17, 15) is 14.4 Å². The SMILES string of the molecule is CC(=O)N1CCN(C(=O)C2(C)Sc3ccccc3NC2=O)CC1. The molecule has 6 nitrogen and oxygen atoms in total. The van der Waals surface area contributed by atoms with Crippen molar-refractivity contribution < 1.29 is 14.4 Å². The van der Waals surface area contributed by atoms with Crippen molar-refractivity contribution in [3.63, 3.8) is 0 Å². The maximum Gasteiger partial charge on any atom is 0.250 e. The van der Waals surface area contributed by atoms with Gasteiger partial charge in [0.15, 0.2) is 4.75 Å². The van der Waals surface area contributed by atoms with E-state index in [2.05, 4.69) is 5.32 Å².